The molecule has 0 saturated carbocycles. The molecule has 7 heteroatoms. The van der Waals surface area contributed by atoms with Crippen LogP contribution >= 0.6 is 38.9 Å². The van der Waals surface area contributed by atoms with E-state index >= 15 is 0 Å². The first-order valence-corrected chi connectivity index (χ1v) is 7.60. The lowest BCUT2D eigenvalue weighted by Gasteiger charge is -2.18. The lowest BCUT2D eigenvalue weighted by atomic mass is 10.4. The quantitative estimate of drug-likeness (QED) is 0.842. The van der Waals surface area contributed by atoms with Crippen molar-refractivity contribution >= 4 is 44.8 Å². The summed E-state index contributed by atoms with van der Waals surface area (Å²) in [4.78, 5) is 15.8. The molecule has 4 nitrogen and oxygen atoms in total. The molecule has 0 aliphatic carbocycles. The Morgan fingerprint density at radius 2 is 2.00 bits per heavy atom. The van der Waals surface area contributed by atoms with E-state index in [0.29, 0.717) is 11.8 Å². The molecule has 0 aliphatic heterocycles. The van der Waals surface area contributed by atoms with E-state index in [4.69, 9.17) is 11.6 Å². The van der Waals surface area contributed by atoms with E-state index in [1.165, 1.54) is 0 Å². The summed E-state index contributed by atoms with van der Waals surface area (Å²) in [6, 6.07) is 1.97. The lowest BCUT2D eigenvalue weighted by molar-refractivity contribution is 0.814. The third-order valence-corrected chi connectivity index (χ3v) is 4.47. The first kappa shape index (κ1) is 13.7. The van der Waals surface area contributed by atoms with Gasteiger partial charge in [0.15, 0.2) is 5.82 Å². The van der Waals surface area contributed by atoms with Crippen LogP contribution in [-0.2, 0) is 0 Å². The topological polar surface area (TPSA) is 41.9 Å². The van der Waals surface area contributed by atoms with Gasteiger partial charge in [0.2, 0.25) is 11.2 Å². The third kappa shape index (κ3) is 2.81. The smallest absolute Gasteiger partial charge is 0.230 e. The fourth-order valence-corrected chi connectivity index (χ4v) is 3.18. The fourth-order valence-electron chi connectivity index (χ4n) is 1.54. The molecule has 2 heterocycles. The van der Waals surface area contributed by atoms with Crippen LogP contribution in [0.15, 0.2) is 15.9 Å². The van der Waals surface area contributed by atoms with Gasteiger partial charge in [-0.2, -0.15) is 15.0 Å². The number of hydrogen-bond donors (Lipinski definition) is 0. The van der Waals surface area contributed by atoms with Gasteiger partial charge in [-0.25, -0.2) is 0 Å². The maximum atomic E-state index is 5.98. The van der Waals surface area contributed by atoms with E-state index in [1.807, 2.05) is 16.3 Å². The summed E-state index contributed by atoms with van der Waals surface area (Å²) in [7, 11) is 0. The van der Waals surface area contributed by atoms with E-state index in [-0.39, 0.29) is 5.28 Å². The van der Waals surface area contributed by atoms with Crippen molar-refractivity contribution in [1.29, 1.82) is 0 Å². The zero-order valence-corrected chi connectivity index (χ0v) is 13.2. The van der Waals surface area contributed by atoms with Gasteiger partial charge in [0, 0.05) is 17.6 Å². The van der Waals surface area contributed by atoms with Gasteiger partial charge >= 0.3 is 0 Å². The Morgan fingerprint density at radius 1 is 1.28 bits per heavy atom. The van der Waals surface area contributed by atoms with Crippen LogP contribution < -0.4 is 4.90 Å². The number of anilines is 1. The van der Waals surface area contributed by atoms with Crippen molar-refractivity contribution in [2.24, 2.45) is 0 Å². The highest BCUT2D eigenvalue weighted by atomic mass is 79.9. The number of thiophene rings is 1. The zero-order valence-electron chi connectivity index (χ0n) is 10.0. The Morgan fingerprint density at radius 3 is 2.56 bits per heavy atom. The van der Waals surface area contributed by atoms with Crippen molar-refractivity contribution in [1.82, 2.24) is 15.0 Å². The van der Waals surface area contributed by atoms with Crippen molar-refractivity contribution in [3.8, 4) is 10.7 Å². The highest BCUT2D eigenvalue weighted by Crippen LogP contribution is 2.32. The van der Waals surface area contributed by atoms with E-state index in [9.17, 15) is 0 Å². The Labute approximate surface area is 123 Å². The number of aromatic nitrogens is 3. The van der Waals surface area contributed by atoms with Crippen LogP contribution in [0.5, 0.6) is 0 Å². The molecule has 96 valence electrons. The maximum Gasteiger partial charge on any atom is 0.230 e. The van der Waals surface area contributed by atoms with Gasteiger partial charge in [0.25, 0.3) is 0 Å². The Bertz CT molecular complexity index is 542. The monoisotopic (exact) mass is 346 g/mol. The van der Waals surface area contributed by atoms with Crippen molar-refractivity contribution in [3.05, 3.63) is 21.2 Å². The highest BCUT2D eigenvalue weighted by molar-refractivity contribution is 9.10. The minimum Gasteiger partial charge on any atom is -0.341 e. The molecular weight excluding hydrogens is 336 g/mol. The molecule has 0 aromatic carbocycles. The second kappa shape index (κ2) is 5.95. The average Bonchev–Trinajstić information content (AvgIpc) is 2.76. The van der Waals surface area contributed by atoms with E-state index in [1.54, 1.807) is 11.3 Å². The van der Waals surface area contributed by atoms with Crippen LogP contribution in [-0.4, -0.2) is 28.0 Å². The summed E-state index contributed by atoms with van der Waals surface area (Å²) in [5, 5.41) is 2.20. The van der Waals surface area contributed by atoms with Crippen molar-refractivity contribution in [2.45, 2.75) is 13.8 Å². The normalized spacial score (nSPS) is 10.7. The second-order valence-electron chi connectivity index (χ2n) is 3.50. The van der Waals surface area contributed by atoms with Crippen molar-refractivity contribution in [2.75, 3.05) is 18.0 Å². The first-order chi connectivity index (χ1) is 8.65. The molecule has 0 radical (unpaired) electrons. The highest BCUT2D eigenvalue weighted by Gasteiger charge is 2.14. The molecule has 2 aromatic heterocycles. The molecule has 0 saturated heterocycles. The van der Waals surface area contributed by atoms with Crippen LogP contribution in [0.1, 0.15) is 13.8 Å². The van der Waals surface area contributed by atoms with Crippen molar-refractivity contribution < 1.29 is 0 Å². The molecule has 0 N–H and O–H groups in total. The Hall–Kier alpha value is -0.720. The molecule has 0 fully saturated rings. The van der Waals surface area contributed by atoms with Gasteiger partial charge in [0.1, 0.15) is 0 Å². The number of halogens is 2. The summed E-state index contributed by atoms with van der Waals surface area (Å²) >= 11 is 11.0. The van der Waals surface area contributed by atoms with Gasteiger partial charge in [-0.15, -0.1) is 11.3 Å². The van der Waals surface area contributed by atoms with Gasteiger partial charge in [-0.05, 0) is 52.8 Å². The van der Waals surface area contributed by atoms with Gasteiger partial charge in [-0.3, -0.25) is 0 Å². The number of hydrogen-bond acceptors (Lipinski definition) is 5. The maximum absolute atomic E-state index is 5.98. The van der Waals surface area contributed by atoms with Crippen LogP contribution in [0.25, 0.3) is 10.7 Å². The Balaban J connectivity index is 2.47. The van der Waals surface area contributed by atoms with E-state index in [0.717, 1.165) is 22.4 Å². The van der Waals surface area contributed by atoms with Crippen LogP contribution in [0.3, 0.4) is 0 Å². The summed E-state index contributed by atoms with van der Waals surface area (Å²) in [5.74, 6) is 1.23. The van der Waals surface area contributed by atoms with Crippen LogP contribution in [0.2, 0.25) is 5.28 Å². The second-order valence-corrected chi connectivity index (χ2v) is 5.61. The summed E-state index contributed by atoms with van der Waals surface area (Å²) in [6.07, 6.45) is 0. The molecule has 0 atom stereocenters. The molecule has 0 aliphatic rings. The average molecular weight is 348 g/mol. The molecule has 2 rings (SSSR count). The predicted octanol–water partition coefficient (Wildman–Crippen LogP) is 3.86. The summed E-state index contributed by atoms with van der Waals surface area (Å²) in [6.45, 7) is 5.79. The van der Waals surface area contributed by atoms with Crippen LogP contribution in [0.4, 0.5) is 5.95 Å². The molecule has 0 bridgehead atoms. The molecule has 0 unspecified atom stereocenters. The van der Waals surface area contributed by atoms with E-state index < -0.39 is 0 Å². The standard InChI is InChI=1S/C11H12BrClN4S/c1-3-17(4-2)11-15-9(14-10(13)16-11)8-7(12)5-6-18-8/h5-6H,3-4H2,1-2H3. The largest absolute Gasteiger partial charge is 0.341 e. The summed E-state index contributed by atoms with van der Waals surface area (Å²) < 4.78 is 0.972. The predicted molar refractivity (Wildman–Crippen MR) is 79.4 cm³/mol. The molecule has 0 spiro atoms. The number of rotatable bonds is 4. The van der Waals surface area contributed by atoms with Gasteiger partial charge in [-0.1, -0.05) is 0 Å². The van der Waals surface area contributed by atoms with Crippen molar-refractivity contribution in [3.63, 3.8) is 0 Å². The number of nitrogens with zero attached hydrogens (tertiary/aromatic N) is 4. The lowest BCUT2D eigenvalue weighted by Crippen LogP contribution is -2.24. The molecule has 0 amide bonds. The van der Waals surface area contributed by atoms with E-state index in [2.05, 4.69) is 44.7 Å². The van der Waals surface area contributed by atoms with Gasteiger partial charge in [0.05, 0.1) is 4.88 Å². The Kier molecular flexibility index (Phi) is 4.53. The fraction of sp³-hybridized carbons (Fsp3) is 0.364. The zero-order chi connectivity index (χ0) is 13.1. The summed E-state index contributed by atoms with van der Waals surface area (Å²) in [5.41, 5.74) is 0. The third-order valence-electron chi connectivity index (χ3n) is 2.46. The molecular formula is C11H12BrClN4S. The molecule has 2 aromatic rings. The SMILES string of the molecule is CCN(CC)c1nc(Cl)nc(-c2sccc2Br)n1. The minimum absolute atomic E-state index is 0.224. The van der Waals surface area contributed by atoms with Crippen LogP contribution in [0, 0.1) is 0 Å². The first-order valence-electron chi connectivity index (χ1n) is 5.55. The molecule has 18 heavy (non-hydrogen) atoms. The van der Waals surface area contributed by atoms with Gasteiger partial charge < -0.3 is 4.90 Å². The minimum atomic E-state index is 0.224.